The molecule has 5 aromatic rings. The van der Waals surface area contributed by atoms with Crippen LogP contribution in [0.4, 0.5) is 5.13 Å². The highest BCUT2D eigenvalue weighted by molar-refractivity contribution is 7.22. The van der Waals surface area contributed by atoms with Gasteiger partial charge < -0.3 is 10.3 Å². The second kappa shape index (κ2) is 6.38. The van der Waals surface area contributed by atoms with Crippen LogP contribution in [-0.2, 0) is 5.41 Å². The molecular weight excluding hydrogens is 422 g/mol. The zero-order valence-electron chi connectivity index (χ0n) is 18.6. The number of hydrogen-bond acceptors (Lipinski definition) is 3. The Morgan fingerprint density at radius 1 is 0.788 bits per heavy atom. The Hall–Kier alpha value is -2.85. The summed E-state index contributed by atoms with van der Waals surface area (Å²) in [4.78, 5) is 4.95. The van der Waals surface area contributed by atoms with E-state index < -0.39 is 0 Å². The highest BCUT2D eigenvalue weighted by Gasteiger charge is 2.52. The van der Waals surface area contributed by atoms with E-state index in [0.717, 1.165) is 23.3 Å². The molecule has 4 bridgehead atoms. The van der Waals surface area contributed by atoms with E-state index in [9.17, 15) is 0 Å². The van der Waals surface area contributed by atoms with E-state index in [1.165, 1.54) is 76.3 Å². The number of nitrogens with zero attached hydrogens (tertiary/aromatic N) is 2. The number of nitrogens with two attached hydrogens (primary N) is 1. The molecule has 0 spiro atoms. The van der Waals surface area contributed by atoms with Crippen LogP contribution in [0.5, 0.6) is 0 Å². The van der Waals surface area contributed by atoms with Gasteiger partial charge in [0.15, 0.2) is 5.13 Å². The zero-order chi connectivity index (χ0) is 21.7. The molecule has 33 heavy (non-hydrogen) atoms. The lowest BCUT2D eigenvalue weighted by atomic mass is 9.48. The van der Waals surface area contributed by atoms with Crippen LogP contribution in [0.3, 0.4) is 0 Å². The number of rotatable bonds is 2. The molecule has 0 atom stereocenters. The van der Waals surface area contributed by atoms with Crippen LogP contribution in [-0.4, -0.2) is 9.55 Å². The van der Waals surface area contributed by atoms with Crippen LogP contribution >= 0.6 is 11.3 Å². The molecule has 164 valence electrons. The monoisotopic (exact) mass is 449 g/mol. The van der Waals surface area contributed by atoms with E-state index in [0.29, 0.717) is 5.13 Å². The van der Waals surface area contributed by atoms with Crippen molar-refractivity contribution in [3.8, 4) is 5.69 Å². The normalized spacial score (nSPS) is 28.4. The van der Waals surface area contributed by atoms with Gasteiger partial charge in [0.05, 0.1) is 21.4 Å². The third-order valence-electron chi connectivity index (χ3n) is 8.96. The van der Waals surface area contributed by atoms with Gasteiger partial charge in [-0.05, 0) is 85.5 Å². The summed E-state index contributed by atoms with van der Waals surface area (Å²) < 4.78 is 3.71. The Balaban J connectivity index is 1.51. The van der Waals surface area contributed by atoms with Crippen molar-refractivity contribution in [3.05, 3.63) is 66.2 Å². The summed E-state index contributed by atoms with van der Waals surface area (Å²) in [5, 5.41) is 3.28. The van der Waals surface area contributed by atoms with Crippen LogP contribution in [0.2, 0.25) is 0 Å². The van der Waals surface area contributed by atoms with E-state index in [1.54, 1.807) is 11.3 Å². The van der Waals surface area contributed by atoms with Crippen LogP contribution in [0.25, 0.3) is 37.7 Å². The summed E-state index contributed by atoms with van der Waals surface area (Å²) in [6.45, 7) is 0. The van der Waals surface area contributed by atoms with Gasteiger partial charge in [0.2, 0.25) is 0 Å². The fraction of sp³-hybridized carbons (Fsp3) is 0.345. The van der Waals surface area contributed by atoms with Gasteiger partial charge in [0.1, 0.15) is 5.52 Å². The topological polar surface area (TPSA) is 43.8 Å². The molecule has 0 aliphatic heterocycles. The van der Waals surface area contributed by atoms with Gasteiger partial charge in [0.25, 0.3) is 0 Å². The predicted octanol–water partition coefficient (Wildman–Crippen LogP) is 7.44. The second-order valence-electron chi connectivity index (χ2n) is 10.9. The van der Waals surface area contributed by atoms with Crippen molar-refractivity contribution in [2.24, 2.45) is 17.8 Å². The summed E-state index contributed by atoms with van der Waals surface area (Å²) in [5.74, 6) is 2.70. The second-order valence-corrected chi connectivity index (χ2v) is 12.0. The maximum Gasteiger partial charge on any atom is 0.181 e. The Kier molecular flexibility index (Phi) is 3.59. The molecule has 2 aromatic heterocycles. The number of nitrogen functional groups attached to an aromatic ring is 1. The molecule has 0 radical (unpaired) electrons. The zero-order valence-corrected chi connectivity index (χ0v) is 19.4. The van der Waals surface area contributed by atoms with Gasteiger partial charge in [0, 0.05) is 10.8 Å². The Labute approximate surface area is 197 Å². The third-order valence-corrected chi connectivity index (χ3v) is 9.81. The molecule has 3 aromatic carbocycles. The van der Waals surface area contributed by atoms with E-state index in [1.807, 2.05) is 0 Å². The molecule has 4 aliphatic carbocycles. The number of aromatic nitrogens is 2. The van der Waals surface area contributed by atoms with Crippen molar-refractivity contribution in [1.82, 2.24) is 9.55 Å². The summed E-state index contributed by atoms with van der Waals surface area (Å²) in [6.07, 6.45) is 8.39. The van der Waals surface area contributed by atoms with Crippen molar-refractivity contribution in [3.63, 3.8) is 0 Å². The van der Waals surface area contributed by atoms with Crippen LogP contribution in [0, 0.1) is 17.8 Å². The Bertz CT molecular complexity index is 1480. The Morgan fingerprint density at radius 2 is 1.36 bits per heavy atom. The molecule has 3 nitrogen and oxygen atoms in total. The fourth-order valence-corrected chi connectivity index (χ4v) is 8.99. The van der Waals surface area contributed by atoms with Gasteiger partial charge in [-0.25, -0.2) is 4.98 Å². The molecule has 9 rings (SSSR count). The highest BCUT2D eigenvalue weighted by atomic mass is 32.1. The molecule has 4 fully saturated rings. The van der Waals surface area contributed by atoms with Gasteiger partial charge in [-0.15, -0.1) is 0 Å². The minimum Gasteiger partial charge on any atom is -0.375 e. The Morgan fingerprint density at radius 3 is 1.97 bits per heavy atom. The van der Waals surface area contributed by atoms with Gasteiger partial charge in [-0.1, -0.05) is 53.8 Å². The molecule has 4 saturated carbocycles. The van der Waals surface area contributed by atoms with Crippen LogP contribution in [0.1, 0.15) is 44.1 Å². The average molecular weight is 450 g/mol. The number of anilines is 1. The van der Waals surface area contributed by atoms with E-state index in [2.05, 4.69) is 65.2 Å². The SMILES string of the molecule is Nc1nc2c(-n3c4ccccc4c4ccccc43)c(C34CC5CC(CC(C5)C3)C4)ccc2s1. The van der Waals surface area contributed by atoms with Crippen LogP contribution < -0.4 is 5.73 Å². The number of thiazole rings is 1. The standard InChI is InChI=1S/C29H27N3S/c30-28-31-26-25(33-28)10-9-22(29-14-17-11-18(15-29)13-19(12-17)16-29)27(26)32-23-7-3-1-5-20(23)21-6-2-4-8-24(21)32/h1-10,17-19H,11-16H2,(H2,30,31). The molecule has 0 unspecified atom stereocenters. The maximum atomic E-state index is 6.29. The highest BCUT2D eigenvalue weighted by Crippen LogP contribution is 2.62. The first-order chi connectivity index (χ1) is 16.2. The quantitative estimate of drug-likeness (QED) is 0.304. The summed E-state index contributed by atoms with van der Waals surface area (Å²) >= 11 is 1.61. The number of fused-ring (bicyclic) bond motifs is 4. The summed E-state index contributed by atoms with van der Waals surface area (Å²) in [6, 6.07) is 22.4. The minimum atomic E-state index is 0.281. The van der Waals surface area contributed by atoms with Gasteiger partial charge in [-0.2, -0.15) is 0 Å². The molecule has 0 saturated heterocycles. The first-order valence-electron chi connectivity index (χ1n) is 12.4. The van der Waals surface area contributed by atoms with Crippen molar-refractivity contribution in [2.75, 3.05) is 5.73 Å². The first-order valence-corrected chi connectivity index (χ1v) is 13.2. The van der Waals surface area contributed by atoms with Gasteiger partial charge >= 0.3 is 0 Å². The molecular formula is C29H27N3S. The third kappa shape index (κ3) is 2.48. The lowest BCUT2D eigenvalue weighted by Gasteiger charge is -2.57. The summed E-state index contributed by atoms with van der Waals surface area (Å²) in [7, 11) is 0. The van der Waals surface area contributed by atoms with Gasteiger partial charge in [-0.3, -0.25) is 0 Å². The molecule has 4 heteroatoms. The first kappa shape index (κ1) is 18.6. The number of para-hydroxylation sites is 2. The van der Waals surface area contributed by atoms with Crippen molar-refractivity contribution in [2.45, 2.75) is 43.9 Å². The molecule has 2 heterocycles. The predicted molar refractivity (Wildman–Crippen MR) is 138 cm³/mol. The molecule has 4 aliphatic rings. The van der Waals surface area contributed by atoms with Crippen molar-refractivity contribution in [1.29, 1.82) is 0 Å². The summed E-state index contributed by atoms with van der Waals surface area (Å²) in [5.41, 5.74) is 13.0. The minimum absolute atomic E-state index is 0.281. The maximum absolute atomic E-state index is 6.29. The van der Waals surface area contributed by atoms with E-state index in [-0.39, 0.29) is 5.41 Å². The average Bonchev–Trinajstić information content (AvgIpc) is 3.35. The lowest BCUT2D eigenvalue weighted by molar-refractivity contribution is -0.00510. The fourth-order valence-electron chi connectivity index (χ4n) is 8.26. The van der Waals surface area contributed by atoms with Crippen molar-refractivity contribution < 1.29 is 0 Å². The van der Waals surface area contributed by atoms with E-state index >= 15 is 0 Å². The number of benzene rings is 3. The lowest BCUT2D eigenvalue weighted by Crippen LogP contribution is -2.48. The number of hydrogen-bond donors (Lipinski definition) is 1. The largest absolute Gasteiger partial charge is 0.375 e. The molecule has 0 amide bonds. The van der Waals surface area contributed by atoms with Crippen LogP contribution in [0.15, 0.2) is 60.7 Å². The smallest absolute Gasteiger partial charge is 0.181 e. The molecule has 2 N–H and O–H groups in total. The van der Waals surface area contributed by atoms with Crippen molar-refractivity contribution >= 4 is 48.5 Å². The van der Waals surface area contributed by atoms with E-state index in [4.69, 9.17) is 10.7 Å².